The zero-order valence-electron chi connectivity index (χ0n) is 18.3. The van der Waals surface area contributed by atoms with Crippen LogP contribution in [-0.4, -0.2) is 31.0 Å². The molecular weight excluding hydrogens is 443 g/mol. The monoisotopic (exact) mass is 464 g/mol. The Morgan fingerprint density at radius 3 is 2.67 bits per heavy atom. The van der Waals surface area contributed by atoms with Gasteiger partial charge in [-0.3, -0.25) is 4.79 Å². The van der Waals surface area contributed by atoms with Gasteiger partial charge in [0.15, 0.2) is 16.7 Å². The molecule has 0 radical (unpaired) electrons. The molecule has 3 aromatic heterocycles. The van der Waals surface area contributed by atoms with Crippen molar-refractivity contribution in [3.63, 3.8) is 0 Å². The smallest absolute Gasteiger partial charge is 0.235 e. The highest BCUT2D eigenvalue weighted by molar-refractivity contribution is 7.99. The number of furan rings is 1. The van der Waals surface area contributed by atoms with Crippen LogP contribution in [0.4, 0.5) is 10.2 Å². The lowest BCUT2D eigenvalue weighted by molar-refractivity contribution is -0.113. The highest BCUT2D eigenvalue weighted by Crippen LogP contribution is 2.28. The van der Waals surface area contributed by atoms with E-state index in [1.165, 1.54) is 23.9 Å². The van der Waals surface area contributed by atoms with Crippen LogP contribution in [0.25, 0.3) is 11.6 Å². The number of hydrogen-bond donors (Lipinski definition) is 1. The van der Waals surface area contributed by atoms with Crippen LogP contribution in [0.5, 0.6) is 0 Å². The molecular formula is C23H21FN6O2S. The summed E-state index contributed by atoms with van der Waals surface area (Å²) in [7, 11) is 1.80. The molecule has 0 aliphatic carbocycles. The summed E-state index contributed by atoms with van der Waals surface area (Å²) in [5.41, 5.74) is 2.91. The third-order valence-electron chi connectivity index (χ3n) is 5.36. The van der Waals surface area contributed by atoms with Crippen LogP contribution in [0.15, 0.2) is 52.2 Å². The van der Waals surface area contributed by atoms with Gasteiger partial charge in [0.1, 0.15) is 17.7 Å². The SMILES string of the molecule is Cc1c(C#N)c(NC(=O)CSc2nnc(-c3ccco3)n2C)n(Cc2ccc(F)cc2)c1C. The largest absolute Gasteiger partial charge is 0.461 e. The Labute approximate surface area is 194 Å². The van der Waals surface area contributed by atoms with E-state index in [4.69, 9.17) is 4.42 Å². The fourth-order valence-corrected chi connectivity index (χ4v) is 4.17. The standard InChI is InChI=1S/C23H21FN6O2S/c1-14-15(2)30(12-16-6-8-17(24)9-7-16)21(18(14)11-25)26-20(31)13-33-23-28-27-22(29(23)3)19-5-4-10-32-19/h4-10H,12-13H2,1-3H3,(H,26,31). The van der Waals surface area contributed by atoms with Crippen LogP contribution in [0, 0.1) is 31.0 Å². The van der Waals surface area contributed by atoms with Gasteiger partial charge in [-0.05, 0) is 49.2 Å². The van der Waals surface area contributed by atoms with Crippen LogP contribution in [-0.2, 0) is 18.4 Å². The molecule has 0 atom stereocenters. The summed E-state index contributed by atoms with van der Waals surface area (Å²) in [6.45, 7) is 4.13. The zero-order chi connectivity index (χ0) is 23.5. The molecule has 33 heavy (non-hydrogen) atoms. The maximum atomic E-state index is 13.3. The Morgan fingerprint density at radius 1 is 1.24 bits per heavy atom. The van der Waals surface area contributed by atoms with E-state index >= 15 is 0 Å². The van der Waals surface area contributed by atoms with E-state index < -0.39 is 0 Å². The van der Waals surface area contributed by atoms with Crippen molar-refractivity contribution in [3.8, 4) is 17.7 Å². The molecule has 1 amide bonds. The van der Waals surface area contributed by atoms with E-state index in [2.05, 4.69) is 21.6 Å². The van der Waals surface area contributed by atoms with E-state index in [-0.39, 0.29) is 17.5 Å². The van der Waals surface area contributed by atoms with Gasteiger partial charge in [-0.2, -0.15) is 5.26 Å². The summed E-state index contributed by atoms with van der Waals surface area (Å²) in [5, 5.41) is 21.4. The fourth-order valence-electron chi connectivity index (χ4n) is 3.46. The predicted octanol–water partition coefficient (Wildman–Crippen LogP) is 4.28. The van der Waals surface area contributed by atoms with Crippen molar-refractivity contribution in [2.24, 2.45) is 7.05 Å². The number of rotatable bonds is 7. The van der Waals surface area contributed by atoms with Crippen LogP contribution in [0.3, 0.4) is 0 Å². The molecule has 168 valence electrons. The summed E-state index contributed by atoms with van der Waals surface area (Å²) in [6, 6.07) is 11.9. The van der Waals surface area contributed by atoms with Gasteiger partial charge in [-0.15, -0.1) is 10.2 Å². The highest BCUT2D eigenvalue weighted by atomic mass is 32.2. The summed E-state index contributed by atoms with van der Waals surface area (Å²) < 4.78 is 22.3. The van der Waals surface area contributed by atoms with Gasteiger partial charge in [0, 0.05) is 19.3 Å². The minimum atomic E-state index is -0.318. The number of aromatic nitrogens is 4. The maximum Gasteiger partial charge on any atom is 0.235 e. The minimum absolute atomic E-state index is 0.0782. The van der Waals surface area contributed by atoms with Crippen molar-refractivity contribution < 1.29 is 13.6 Å². The van der Waals surface area contributed by atoms with Crippen molar-refractivity contribution in [1.29, 1.82) is 5.26 Å². The quantitative estimate of drug-likeness (QED) is 0.410. The van der Waals surface area contributed by atoms with Crippen molar-refractivity contribution in [2.45, 2.75) is 25.5 Å². The average molecular weight is 465 g/mol. The molecule has 1 N–H and O–H groups in total. The number of nitrogens with zero attached hydrogens (tertiary/aromatic N) is 5. The maximum absolute atomic E-state index is 13.3. The third kappa shape index (κ3) is 4.54. The second kappa shape index (κ2) is 9.34. The second-order valence-corrected chi connectivity index (χ2v) is 8.38. The molecule has 3 heterocycles. The van der Waals surface area contributed by atoms with Crippen molar-refractivity contribution in [1.82, 2.24) is 19.3 Å². The Bertz CT molecular complexity index is 1330. The van der Waals surface area contributed by atoms with Crippen LogP contribution >= 0.6 is 11.8 Å². The number of thioether (sulfide) groups is 1. The van der Waals surface area contributed by atoms with E-state index in [1.54, 1.807) is 42.1 Å². The number of carbonyl (C=O) groups is 1. The van der Waals surface area contributed by atoms with E-state index in [0.717, 1.165) is 16.8 Å². The topological polar surface area (TPSA) is 102 Å². The molecule has 0 aliphatic rings. The van der Waals surface area contributed by atoms with Gasteiger partial charge in [-0.25, -0.2) is 4.39 Å². The van der Waals surface area contributed by atoms with Crippen LogP contribution in [0.2, 0.25) is 0 Å². The van der Waals surface area contributed by atoms with Crippen molar-refractivity contribution in [2.75, 3.05) is 11.1 Å². The first-order valence-corrected chi connectivity index (χ1v) is 11.1. The van der Waals surface area contributed by atoms with Gasteiger partial charge in [0.25, 0.3) is 0 Å². The molecule has 1 aromatic carbocycles. The van der Waals surface area contributed by atoms with E-state index in [0.29, 0.717) is 34.7 Å². The molecule has 10 heteroatoms. The zero-order valence-corrected chi connectivity index (χ0v) is 19.1. The number of amides is 1. The lowest BCUT2D eigenvalue weighted by atomic mass is 10.2. The molecule has 4 aromatic rings. The Balaban J connectivity index is 1.51. The number of nitrogens with one attached hydrogen (secondary N) is 1. The Hall–Kier alpha value is -3.84. The van der Waals surface area contributed by atoms with Crippen molar-refractivity contribution in [3.05, 3.63) is 70.9 Å². The summed E-state index contributed by atoms with van der Waals surface area (Å²) >= 11 is 1.23. The lowest BCUT2D eigenvalue weighted by Gasteiger charge is -2.13. The number of halogens is 1. The summed E-state index contributed by atoms with van der Waals surface area (Å²) in [4.78, 5) is 12.8. The first-order valence-electron chi connectivity index (χ1n) is 10.1. The molecule has 0 unspecified atom stereocenters. The first-order chi connectivity index (χ1) is 15.9. The summed E-state index contributed by atoms with van der Waals surface area (Å²) in [5.74, 6) is 1.06. The second-order valence-electron chi connectivity index (χ2n) is 7.44. The van der Waals surface area contributed by atoms with Crippen LogP contribution in [0.1, 0.15) is 22.4 Å². The average Bonchev–Trinajstić information content (AvgIpc) is 3.50. The van der Waals surface area contributed by atoms with E-state index in [9.17, 15) is 14.4 Å². The Morgan fingerprint density at radius 2 is 2.00 bits per heavy atom. The normalized spacial score (nSPS) is 10.9. The van der Waals surface area contributed by atoms with Gasteiger partial charge < -0.3 is 18.9 Å². The number of carbonyl (C=O) groups excluding carboxylic acids is 1. The minimum Gasteiger partial charge on any atom is -0.461 e. The molecule has 0 fully saturated rings. The predicted molar refractivity (Wildman–Crippen MR) is 122 cm³/mol. The van der Waals surface area contributed by atoms with Gasteiger partial charge in [0.2, 0.25) is 5.91 Å². The number of anilines is 1. The molecule has 0 saturated heterocycles. The molecule has 8 nitrogen and oxygen atoms in total. The molecule has 0 saturated carbocycles. The molecule has 0 bridgehead atoms. The fraction of sp³-hybridized carbons (Fsp3) is 0.217. The molecule has 4 rings (SSSR count). The lowest BCUT2D eigenvalue weighted by Crippen LogP contribution is -2.19. The van der Waals surface area contributed by atoms with Crippen LogP contribution < -0.4 is 5.32 Å². The first kappa shape index (κ1) is 22.4. The number of benzene rings is 1. The summed E-state index contributed by atoms with van der Waals surface area (Å²) in [6.07, 6.45) is 1.56. The van der Waals surface area contributed by atoms with Gasteiger partial charge in [-0.1, -0.05) is 23.9 Å². The van der Waals surface area contributed by atoms with Crippen molar-refractivity contribution >= 4 is 23.5 Å². The third-order valence-corrected chi connectivity index (χ3v) is 6.38. The highest BCUT2D eigenvalue weighted by Gasteiger charge is 2.21. The molecule has 0 spiro atoms. The van der Waals surface area contributed by atoms with Gasteiger partial charge in [0.05, 0.1) is 17.6 Å². The molecule has 0 aliphatic heterocycles. The Kier molecular flexibility index (Phi) is 6.33. The number of nitriles is 1. The number of hydrogen-bond acceptors (Lipinski definition) is 6. The van der Waals surface area contributed by atoms with E-state index in [1.807, 2.05) is 18.4 Å². The van der Waals surface area contributed by atoms with Gasteiger partial charge >= 0.3 is 0 Å².